The van der Waals surface area contributed by atoms with Crippen LogP contribution in [0.2, 0.25) is 5.15 Å². The van der Waals surface area contributed by atoms with Crippen LogP contribution in [0.5, 0.6) is 0 Å². The van der Waals surface area contributed by atoms with Crippen molar-refractivity contribution in [3.05, 3.63) is 35.9 Å². The summed E-state index contributed by atoms with van der Waals surface area (Å²) in [5.74, 6) is -0.0994. The minimum atomic E-state index is -4.19. The van der Waals surface area contributed by atoms with E-state index in [9.17, 15) is 18.0 Å². The Morgan fingerprint density at radius 3 is 2.77 bits per heavy atom. The number of pyridine rings is 1. The first kappa shape index (κ1) is 25.0. The Morgan fingerprint density at radius 2 is 2.16 bits per heavy atom. The normalized spacial score (nSPS) is 12.1. The van der Waals surface area contributed by atoms with Crippen LogP contribution in [0.4, 0.5) is 18.9 Å². The lowest BCUT2D eigenvalue weighted by Crippen LogP contribution is -2.38. The zero-order valence-corrected chi connectivity index (χ0v) is 18.7. The van der Waals surface area contributed by atoms with Crippen LogP contribution in [-0.4, -0.2) is 57.2 Å². The van der Waals surface area contributed by atoms with Gasteiger partial charge in [0.25, 0.3) is 5.91 Å². The van der Waals surface area contributed by atoms with Gasteiger partial charge in [-0.25, -0.2) is 4.68 Å². The fraction of sp³-hybridized carbons (Fsp3) is 0.474. The van der Waals surface area contributed by atoms with Crippen molar-refractivity contribution in [2.24, 2.45) is 5.16 Å². The highest BCUT2D eigenvalue weighted by molar-refractivity contribution is 8.00. The van der Waals surface area contributed by atoms with Crippen molar-refractivity contribution < 1.29 is 22.8 Å². The van der Waals surface area contributed by atoms with Gasteiger partial charge in [0.1, 0.15) is 12.3 Å². The van der Waals surface area contributed by atoms with E-state index in [1.54, 1.807) is 44.6 Å². The number of rotatable bonds is 11. The number of hydrogen-bond donors (Lipinski definition) is 0. The Morgan fingerprint density at radius 1 is 1.39 bits per heavy atom. The van der Waals surface area contributed by atoms with Crippen molar-refractivity contribution in [2.45, 2.75) is 32.9 Å². The van der Waals surface area contributed by atoms with Gasteiger partial charge in [0.15, 0.2) is 10.9 Å². The number of carbonyl (C=O) groups excluding carboxylic acids is 1. The van der Waals surface area contributed by atoms with E-state index in [2.05, 4.69) is 15.2 Å². The summed E-state index contributed by atoms with van der Waals surface area (Å²) in [5.41, 5.74) is 1.14. The third-order valence-electron chi connectivity index (χ3n) is 3.95. The molecule has 0 aliphatic carbocycles. The predicted molar refractivity (Wildman–Crippen MR) is 116 cm³/mol. The van der Waals surface area contributed by atoms with Gasteiger partial charge < -0.3 is 9.74 Å². The van der Waals surface area contributed by atoms with E-state index in [0.29, 0.717) is 11.4 Å². The summed E-state index contributed by atoms with van der Waals surface area (Å²) in [6.45, 7) is 4.02. The first-order chi connectivity index (χ1) is 14.8. The second kappa shape index (κ2) is 11.9. The molecule has 0 bridgehead atoms. The molecule has 0 saturated carbocycles. The number of thioether (sulfide) groups is 1. The third-order valence-corrected chi connectivity index (χ3v) is 5.28. The molecule has 12 heteroatoms. The molecule has 0 spiro atoms. The fourth-order valence-electron chi connectivity index (χ4n) is 2.54. The Hall–Kier alpha value is -2.27. The summed E-state index contributed by atoms with van der Waals surface area (Å²) in [6.07, 6.45) is -0.259. The molecule has 0 aromatic carbocycles. The highest BCUT2D eigenvalue weighted by Crippen LogP contribution is 2.27. The lowest BCUT2D eigenvalue weighted by molar-refractivity contribution is -0.134. The van der Waals surface area contributed by atoms with E-state index in [1.165, 1.54) is 21.3 Å². The van der Waals surface area contributed by atoms with E-state index in [0.717, 1.165) is 0 Å². The molecule has 1 amide bonds. The maximum atomic E-state index is 13.1. The molecular weight excluding hydrogens is 455 g/mol. The number of amides is 1. The number of anilines is 1. The van der Waals surface area contributed by atoms with Gasteiger partial charge in [-0.2, -0.15) is 30.0 Å². The number of aromatic nitrogens is 3. The van der Waals surface area contributed by atoms with E-state index in [-0.39, 0.29) is 41.9 Å². The molecule has 0 N–H and O–H groups in total. The van der Waals surface area contributed by atoms with Gasteiger partial charge in [0, 0.05) is 24.9 Å². The van der Waals surface area contributed by atoms with Crippen LogP contribution >= 0.6 is 23.4 Å². The summed E-state index contributed by atoms with van der Waals surface area (Å²) < 4.78 is 38.4. The summed E-state index contributed by atoms with van der Waals surface area (Å²) in [4.78, 5) is 23.6. The van der Waals surface area contributed by atoms with Crippen LogP contribution in [0.3, 0.4) is 0 Å². The molecule has 2 aromatic rings. The van der Waals surface area contributed by atoms with Crippen LogP contribution in [-0.2, 0) is 9.63 Å². The number of alkyl halides is 3. The molecule has 2 aromatic heterocycles. The number of halogens is 4. The molecule has 0 fully saturated rings. The van der Waals surface area contributed by atoms with Gasteiger partial charge in [0.2, 0.25) is 0 Å². The minimum Gasteiger partial charge on any atom is -0.396 e. The SMILES string of the molecule is CCO/N=C(\CSCCCC(F)(F)F)C(=O)N(CC)c1cn(-c2cccnc2)nc1Cl. The topological polar surface area (TPSA) is 72.6 Å². The quantitative estimate of drug-likeness (QED) is 0.265. The maximum Gasteiger partial charge on any atom is 0.389 e. The van der Waals surface area contributed by atoms with Crippen molar-refractivity contribution in [3.8, 4) is 5.69 Å². The lowest BCUT2D eigenvalue weighted by Gasteiger charge is -2.20. The van der Waals surface area contributed by atoms with Crippen molar-refractivity contribution in [1.82, 2.24) is 14.8 Å². The Bertz CT molecular complexity index is 877. The number of carbonyl (C=O) groups is 1. The standard InChI is InChI=1S/C19H23ClF3N5O2S/c1-3-27(16-12-28(25-17(16)20)14-7-5-9-24-11-14)18(29)15(26-30-4-2)13-31-10-6-8-19(21,22)23/h5,7,9,11-12H,3-4,6,8,10,13H2,1-2H3/b26-15+. The molecule has 0 aliphatic rings. The first-order valence-electron chi connectivity index (χ1n) is 9.57. The first-order valence-corrected chi connectivity index (χ1v) is 11.1. The summed E-state index contributed by atoms with van der Waals surface area (Å²) >= 11 is 7.47. The summed E-state index contributed by atoms with van der Waals surface area (Å²) in [6, 6.07) is 3.54. The molecule has 0 aliphatic heterocycles. The van der Waals surface area contributed by atoms with E-state index in [4.69, 9.17) is 16.4 Å². The lowest BCUT2D eigenvalue weighted by atomic mass is 10.3. The van der Waals surface area contributed by atoms with E-state index >= 15 is 0 Å². The van der Waals surface area contributed by atoms with Gasteiger partial charge in [-0.1, -0.05) is 16.8 Å². The maximum absolute atomic E-state index is 13.1. The van der Waals surface area contributed by atoms with Crippen molar-refractivity contribution in [1.29, 1.82) is 0 Å². The van der Waals surface area contributed by atoms with Crippen LogP contribution in [0.25, 0.3) is 5.69 Å². The van der Waals surface area contributed by atoms with Crippen molar-refractivity contribution >= 4 is 40.7 Å². The van der Waals surface area contributed by atoms with Gasteiger partial charge >= 0.3 is 6.18 Å². The number of oxime groups is 1. The van der Waals surface area contributed by atoms with Gasteiger partial charge in [-0.3, -0.25) is 9.78 Å². The predicted octanol–water partition coefficient (Wildman–Crippen LogP) is 4.74. The van der Waals surface area contributed by atoms with Gasteiger partial charge in [-0.05, 0) is 38.2 Å². The van der Waals surface area contributed by atoms with Crippen molar-refractivity contribution in [2.75, 3.05) is 29.6 Å². The molecule has 2 heterocycles. The van der Waals surface area contributed by atoms with Crippen molar-refractivity contribution in [3.63, 3.8) is 0 Å². The second-order valence-electron chi connectivity index (χ2n) is 6.24. The smallest absolute Gasteiger partial charge is 0.389 e. The van der Waals surface area contributed by atoms with Crippen LogP contribution < -0.4 is 4.90 Å². The Labute approximate surface area is 187 Å². The second-order valence-corrected chi connectivity index (χ2v) is 7.70. The molecule has 31 heavy (non-hydrogen) atoms. The molecule has 0 saturated heterocycles. The van der Waals surface area contributed by atoms with Crippen LogP contribution in [0.1, 0.15) is 26.7 Å². The van der Waals surface area contributed by atoms with E-state index < -0.39 is 18.5 Å². The Kier molecular flexibility index (Phi) is 9.63. The molecule has 2 rings (SSSR count). The summed E-state index contributed by atoms with van der Waals surface area (Å²) in [5, 5.41) is 8.23. The molecule has 0 unspecified atom stereocenters. The molecule has 7 nitrogen and oxygen atoms in total. The highest BCUT2D eigenvalue weighted by atomic mass is 35.5. The molecule has 170 valence electrons. The largest absolute Gasteiger partial charge is 0.396 e. The molecule has 0 radical (unpaired) electrons. The van der Waals surface area contributed by atoms with Gasteiger partial charge in [0.05, 0.1) is 18.1 Å². The average molecular weight is 478 g/mol. The Balaban J connectivity index is 2.14. The number of hydrogen-bond acceptors (Lipinski definition) is 6. The zero-order valence-electron chi connectivity index (χ0n) is 17.1. The third kappa shape index (κ3) is 7.73. The number of nitrogens with zero attached hydrogens (tertiary/aromatic N) is 5. The average Bonchev–Trinajstić information content (AvgIpc) is 3.12. The van der Waals surface area contributed by atoms with Gasteiger partial charge in [-0.15, -0.1) is 0 Å². The van der Waals surface area contributed by atoms with Crippen LogP contribution in [0, 0.1) is 0 Å². The fourth-order valence-corrected chi connectivity index (χ4v) is 3.63. The highest BCUT2D eigenvalue weighted by Gasteiger charge is 2.27. The van der Waals surface area contributed by atoms with E-state index in [1.807, 2.05) is 0 Å². The molecular formula is C19H23ClF3N5O2S. The summed E-state index contributed by atoms with van der Waals surface area (Å²) in [7, 11) is 0. The van der Waals surface area contributed by atoms with Crippen LogP contribution in [0.15, 0.2) is 35.9 Å². The minimum absolute atomic E-state index is 0.0362. The zero-order chi connectivity index (χ0) is 22.9. The monoisotopic (exact) mass is 477 g/mol. The molecule has 0 atom stereocenters.